The summed E-state index contributed by atoms with van der Waals surface area (Å²) in [6.45, 7) is 0. The van der Waals surface area contributed by atoms with Crippen molar-refractivity contribution in [2.24, 2.45) is 5.73 Å². The summed E-state index contributed by atoms with van der Waals surface area (Å²) in [5, 5.41) is 1.15. The standard InChI is InChI=1S/C6H10NP/c7-5-3-1-2-4-6(5)8/h2,4H,1,3,7-8H2. The van der Waals surface area contributed by atoms with Crippen LogP contribution in [0.5, 0.6) is 0 Å². The van der Waals surface area contributed by atoms with Gasteiger partial charge in [-0.15, -0.1) is 9.24 Å². The van der Waals surface area contributed by atoms with Gasteiger partial charge in [-0.2, -0.15) is 0 Å². The molecule has 1 aliphatic rings. The highest BCUT2D eigenvalue weighted by atomic mass is 31.0. The third-order valence-electron chi connectivity index (χ3n) is 1.25. The van der Waals surface area contributed by atoms with Crippen molar-refractivity contribution in [1.29, 1.82) is 0 Å². The van der Waals surface area contributed by atoms with E-state index >= 15 is 0 Å². The largest absolute Gasteiger partial charge is 0.402 e. The summed E-state index contributed by atoms with van der Waals surface area (Å²) in [6, 6.07) is 0. The van der Waals surface area contributed by atoms with E-state index in [1.807, 2.05) is 6.08 Å². The highest BCUT2D eigenvalue weighted by Crippen LogP contribution is 2.18. The van der Waals surface area contributed by atoms with E-state index in [-0.39, 0.29) is 0 Å². The Hall–Kier alpha value is -0.290. The van der Waals surface area contributed by atoms with E-state index in [0.717, 1.165) is 23.9 Å². The van der Waals surface area contributed by atoms with Gasteiger partial charge in [0.15, 0.2) is 0 Å². The Morgan fingerprint density at radius 2 is 2.38 bits per heavy atom. The Kier molecular flexibility index (Phi) is 1.69. The van der Waals surface area contributed by atoms with Gasteiger partial charge in [-0.05, 0) is 18.2 Å². The first-order chi connectivity index (χ1) is 3.80. The number of allylic oxidation sites excluding steroid dienone is 4. The molecule has 1 aliphatic carbocycles. The van der Waals surface area contributed by atoms with E-state index in [4.69, 9.17) is 5.73 Å². The Morgan fingerprint density at radius 3 is 2.75 bits per heavy atom. The zero-order valence-electron chi connectivity index (χ0n) is 4.72. The number of rotatable bonds is 0. The van der Waals surface area contributed by atoms with Gasteiger partial charge in [-0.1, -0.05) is 12.2 Å². The summed E-state index contributed by atoms with van der Waals surface area (Å²) in [6.07, 6.45) is 6.31. The first kappa shape index (κ1) is 5.84. The highest BCUT2D eigenvalue weighted by Gasteiger charge is 1.97. The van der Waals surface area contributed by atoms with Gasteiger partial charge in [-0.25, -0.2) is 0 Å². The van der Waals surface area contributed by atoms with E-state index in [9.17, 15) is 0 Å². The number of hydrogen-bond donors (Lipinski definition) is 1. The average Bonchev–Trinajstić information content (AvgIpc) is 1.77. The summed E-state index contributed by atoms with van der Waals surface area (Å²) in [5.41, 5.74) is 6.60. The summed E-state index contributed by atoms with van der Waals surface area (Å²) >= 11 is 0. The van der Waals surface area contributed by atoms with Gasteiger partial charge >= 0.3 is 0 Å². The molecular formula is C6H10NP. The van der Waals surface area contributed by atoms with Crippen molar-refractivity contribution in [3.63, 3.8) is 0 Å². The van der Waals surface area contributed by atoms with Crippen molar-refractivity contribution in [2.75, 3.05) is 0 Å². The lowest BCUT2D eigenvalue weighted by atomic mass is 10.1. The Balaban J connectivity index is 2.76. The molecule has 0 aromatic heterocycles. The topological polar surface area (TPSA) is 26.0 Å². The SMILES string of the molecule is NC1=C(P)C=CCC1. The average molecular weight is 127 g/mol. The van der Waals surface area contributed by atoms with Gasteiger partial charge in [0.25, 0.3) is 0 Å². The highest BCUT2D eigenvalue weighted by molar-refractivity contribution is 7.23. The van der Waals surface area contributed by atoms with Crippen LogP contribution in [0.1, 0.15) is 12.8 Å². The van der Waals surface area contributed by atoms with Gasteiger partial charge < -0.3 is 5.73 Å². The molecular weight excluding hydrogens is 117 g/mol. The predicted molar refractivity (Wildman–Crippen MR) is 39.3 cm³/mol. The summed E-state index contributed by atoms with van der Waals surface area (Å²) in [7, 11) is 2.61. The molecule has 0 bridgehead atoms. The normalized spacial score (nSPS) is 19.6. The van der Waals surface area contributed by atoms with E-state index in [1.54, 1.807) is 0 Å². The Morgan fingerprint density at radius 1 is 1.62 bits per heavy atom. The van der Waals surface area contributed by atoms with E-state index in [0.29, 0.717) is 0 Å². The van der Waals surface area contributed by atoms with Crippen molar-refractivity contribution >= 4 is 9.24 Å². The molecule has 8 heavy (non-hydrogen) atoms. The number of nitrogens with two attached hydrogens (primary N) is 1. The fourth-order valence-electron chi connectivity index (χ4n) is 0.701. The smallest absolute Gasteiger partial charge is 0.0156 e. The zero-order valence-corrected chi connectivity index (χ0v) is 5.88. The maximum Gasteiger partial charge on any atom is 0.0156 e. The van der Waals surface area contributed by atoms with Crippen molar-refractivity contribution in [1.82, 2.24) is 0 Å². The fraction of sp³-hybridized carbons (Fsp3) is 0.333. The maximum atomic E-state index is 5.59. The monoisotopic (exact) mass is 127 g/mol. The second-order valence-corrected chi connectivity index (χ2v) is 2.54. The van der Waals surface area contributed by atoms with Gasteiger partial charge in [0, 0.05) is 5.70 Å². The zero-order chi connectivity index (χ0) is 5.98. The number of hydrogen-bond acceptors (Lipinski definition) is 1. The second-order valence-electron chi connectivity index (χ2n) is 1.92. The van der Waals surface area contributed by atoms with Crippen LogP contribution in [-0.4, -0.2) is 0 Å². The van der Waals surface area contributed by atoms with Crippen LogP contribution in [0.25, 0.3) is 0 Å². The van der Waals surface area contributed by atoms with Crippen LogP contribution in [-0.2, 0) is 0 Å². The van der Waals surface area contributed by atoms with Gasteiger partial charge in [0.2, 0.25) is 0 Å². The lowest BCUT2D eigenvalue weighted by Crippen LogP contribution is -2.00. The van der Waals surface area contributed by atoms with Crippen LogP contribution in [0.3, 0.4) is 0 Å². The first-order valence-corrected chi connectivity index (χ1v) is 3.29. The molecule has 1 rings (SSSR count). The molecule has 0 fully saturated rings. The molecule has 1 nitrogen and oxygen atoms in total. The van der Waals surface area contributed by atoms with Crippen molar-refractivity contribution in [3.05, 3.63) is 23.2 Å². The van der Waals surface area contributed by atoms with Crippen LogP contribution >= 0.6 is 9.24 Å². The van der Waals surface area contributed by atoms with Crippen LogP contribution in [0.15, 0.2) is 23.2 Å². The molecule has 0 saturated carbocycles. The summed E-state index contributed by atoms with van der Waals surface area (Å²) in [4.78, 5) is 0. The third-order valence-corrected chi connectivity index (χ3v) is 1.81. The Bertz CT molecular complexity index is 147. The molecule has 0 aromatic carbocycles. The molecule has 44 valence electrons. The molecule has 0 radical (unpaired) electrons. The van der Waals surface area contributed by atoms with Crippen molar-refractivity contribution in [2.45, 2.75) is 12.8 Å². The van der Waals surface area contributed by atoms with Crippen LogP contribution in [0, 0.1) is 0 Å². The van der Waals surface area contributed by atoms with E-state index < -0.39 is 0 Å². The van der Waals surface area contributed by atoms with Crippen molar-refractivity contribution < 1.29 is 0 Å². The molecule has 0 saturated heterocycles. The second kappa shape index (κ2) is 2.32. The first-order valence-electron chi connectivity index (χ1n) is 2.71. The minimum absolute atomic E-state index is 1.01. The van der Waals surface area contributed by atoms with E-state index in [2.05, 4.69) is 15.3 Å². The quantitative estimate of drug-likeness (QED) is 0.489. The molecule has 0 amide bonds. The van der Waals surface area contributed by atoms with Crippen LogP contribution in [0.2, 0.25) is 0 Å². The molecule has 0 aliphatic heterocycles. The molecule has 0 heterocycles. The summed E-state index contributed by atoms with van der Waals surface area (Å²) in [5.74, 6) is 0. The molecule has 0 aromatic rings. The molecule has 1 unspecified atom stereocenters. The summed E-state index contributed by atoms with van der Waals surface area (Å²) < 4.78 is 0. The van der Waals surface area contributed by atoms with Gasteiger partial charge in [0.05, 0.1) is 0 Å². The van der Waals surface area contributed by atoms with Crippen LogP contribution < -0.4 is 5.73 Å². The lowest BCUT2D eigenvalue weighted by molar-refractivity contribution is 0.939. The lowest BCUT2D eigenvalue weighted by Gasteiger charge is -2.05. The maximum absolute atomic E-state index is 5.59. The third kappa shape index (κ3) is 1.10. The molecule has 1 atom stereocenters. The van der Waals surface area contributed by atoms with Gasteiger partial charge in [-0.3, -0.25) is 0 Å². The van der Waals surface area contributed by atoms with E-state index in [1.165, 1.54) is 0 Å². The van der Waals surface area contributed by atoms with Crippen molar-refractivity contribution in [3.8, 4) is 0 Å². The fourth-order valence-corrected chi connectivity index (χ4v) is 0.981. The minimum Gasteiger partial charge on any atom is -0.402 e. The Labute approximate surface area is 51.8 Å². The molecule has 2 heteroatoms. The van der Waals surface area contributed by atoms with Gasteiger partial charge in [0.1, 0.15) is 0 Å². The molecule has 2 N–H and O–H groups in total. The van der Waals surface area contributed by atoms with Crippen LogP contribution in [0.4, 0.5) is 0 Å². The minimum atomic E-state index is 1.01. The predicted octanol–water partition coefficient (Wildman–Crippen LogP) is 1.38. The molecule has 0 spiro atoms.